The van der Waals surface area contributed by atoms with Crippen molar-refractivity contribution in [3.05, 3.63) is 23.9 Å². The summed E-state index contributed by atoms with van der Waals surface area (Å²) < 4.78 is 1.86. The Balaban J connectivity index is 1.42. The number of piperazine rings is 1. The molecular formula is C24H36N6O2. The van der Waals surface area contributed by atoms with Gasteiger partial charge in [-0.2, -0.15) is 5.10 Å². The molecule has 174 valence electrons. The number of rotatable bonds is 8. The maximum Gasteiger partial charge on any atom is 0.219 e. The van der Waals surface area contributed by atoms with E-state index in [1.807, 2.05) is 11.7 Å². The molecule has 1 aromatic carbocycles. The Kier molecular flexibility index (Phi) is 7.42. The van der Waals surface area contributed by atoms with E-state index < -0.39 is 0 Å². The van der Waals surface area contributed by atoms with E-state index in [2.05, 4.69) is 43.7 Å². The lowest BCUT2D eigenvalue weighted by Gasteiger charge is -2.38. The molecule has 4 rings (SSSR count). The third-order valence-corrected chi connectivity index (χ3v) is 7.05. The zero-order valence-electron chi connectivity index (χ0n) is 19.3. The molecule has 1 atom stereocenters. The van der Waals surface area contributed by atoms with Crippen molar-refractivity contribution in [2.24, 2.45) is 13.0 Å². The molecule has 2 aromatic rings. The molecule has 0 saturated carbocycles. The molecule has 1 unspecified atom stereocenters. The van der Waals surface area contributed by atoms with Crippen LogP contribution in [0, 0.1) is 5.92 Å². The molecule has 0 aliphatic carbocycles. The van der Waals surface area contributed by atoms with Gasteiger partial charge in [0.25, 0.3) is 0 Å². The third kappa shape index (κ3) is 5.13. The fourth-order valence-electron chi connectivity index (χ4n) is 5.04. The number of hydrogen-bond acceptors (Lipinski definition) is 6. The maximum atomic E-state index is 11.7. The van der Waals surface area contributed by atoms with Crippen LogP contribution in [0.3, 0.4) is 0 Å². The molecule has 1 aromatic heterocycles. The Morgan fingerprint density at radius 2 is 2.00 bits per heavy atom. The number of fused-ring (bicyclic) bond motifs is 1. The summed E-state index contributed by atoms with van der Waals surface area (Å²) in [5.74, 6) is 0.403. The highest BCUT2D eigenvalue weighted by Crippen LogP contribution is 2.30. The molecular weight excluding hydrogens is 404 g/mol. The van der Waals surface area contributed by atoms with E-state index in [4.69, 9.17) is 0 Å². The van der Waals surface area contributed by atoms with Gasteiger partial charge in [-0.25, -0.2) is 0 Å². The number of benzene rings is 1. The van der Waals surface area contributed by atoms with Crippen LogP contribution in [-0.2, 0) is 16.6 Å². The third-order valence-electron chi connectivity index (χ3n) is 7.05. The molecule has 8 nitrogen and oxygen atoms in total. The first-order chi connectivity index (χ1) is 15.6. The first kappa shape index (κ1) is 22.7. The van der Waals surface area contributed by atoms with Gasteiger partial charge in [-0.05, 0) is 56.5 Å². The molecule has 0 bridgehead atoms. The molecule has 2 aliphatic heterocycles. The quantitative estimate of drug-likeness (QED) is 0.606. The molecule has 2 saturated heterocycles. The van der Waals surface area contributed by atoms with E-state index in [9.17, 15) is 9.59 Å². The highest BCUT2D eigenvalue weighted by atomic mass is 16.1. The lowest BCUT2D eigenvalue weighted by molar-refractivity contribution is -0.120. The van der Waals surface area contributed by atoms with Crippen molar-refractivity contribution in [2.75, 3.05) is 57.8 Å². The number of amides is 1. The van der Waals surface area contributed by atoms with E-state index in [-0.39, 0.29) is 11.8 Å². The van der Waals surface area contributed by atoms with Crippen LogP contribution in [0.1, 0.15) is 37.3 Å². The average molecular weight is 441 g/mol. The van der Waals surface area contributed by atoms with Crippen molar-refractivity contribution < 1.29 is 9.59 Å². The smallest absolute Gasteiger partial charge is 0.219 e. The number of aldehydes is 1. The molecule has 1 amide bonds. The highest BCUT2D eigenvalue weighted by Gasteiger charge is 2.23. The van der Waals surface area contributed by atoms with Crippen molar-refractivity contribution in [2.45, 2.75) is 31.6 Å². The zero-order chi connectivity index (χ0) is 22.5. The average Bonchev–Trinajstić information content (AvgIpc) is 3.16. The number of anilines is 1. The van der Waals surface area contributed by atoms with Gasteiger partial charge < -0.3 is 20.3 Å². The Morgan fingerprint density at radius 1 is 1.25 bits per heavy atom. The number of aryl methyl sites for hydroxylation is 1. The fourth-order valence-corrected chi connectivity index (χ4v) is 5.04. The zero-order valence-corrected chi connectivity index (χ0v) is 19.3. The monoisotopic (exact) mass is 440 g/mol. The Labute approximate surface area is 190 Å². The second-order valence-electron chi connectivity index (χ2n) is 9.15. The lowest BCUT2D eigenvalue weighted by Crippen LogP contribution is -2.48. The molecule has 8 heteroatoms. The number of aromatic nitrogens is 2. The van der Waals surface area contributed by atoms with Gasteiger partial charge in [0, 0.05) is 64.3 Å². The molecule has 2 aliphatic rings. The Hall–Kier alpha value is -2.45. The van der Waals surface area contributed by atoms with Crippen LogP contribution < -0.4 is 15.5 Å². The van der Waals surface area contributed by atoms with Crippen LogP contribution >= 0.6 is 0 Å². The maximum absolute atomic E-state index is 11.7. The summed E-state index contributed by atoms with van der Waals surface area (Å²) in [4.78, 5) is 28.4. The summed E-state index contributed by atoms with van der Waals surface area (Å²) in [6, 6.07) is 6.43. The SMILES string of the molecule is CNC(=O)CCC(C=O)c1nn(C)c2cc(N3CCN(CC4CCNCC4)CC3)ccc12. The summed E-state index contributed by atoms with van der Waals surface area (Å²) in [6.45, 7) is 7.82. The summed E-state index contributed by atoms with van der Waals surface area (Å²) in [6.07, 6.45) is 4.29. The second kappa shape index (κ2) is 10.4. The van der Waals surface area contributed by atoms with Crippen LogP contribution in [0.2, 0.25) is 0 Å². The van der Waals surface area contributed by atoms with E-state index in [1.54, 1.807) is 7.05 Å². The molecule has 2 N–H and O–H groups in total. The van der Waals surface area contributed by atoms with Crippen molar-refractivity contribution in [1.82, 2.24) is 25.3 Å². The second-order valence-corrected chi connectivity index (χ2v) is 9.15. The summed E-state index contributed by atoms with van der Waals surface area (Å²) in [5, 5.41) is 11.7. The minimum atomic E-state index is -0.375. The van der Waals surface area contributed by atoms with Gasteiger partial charge in [0.1, 0.15) is 6.29 Å². The van der Waals surface area contributed by atoms with Crippen molar-refractivity contribution in [3.8, 4) is 0 Å². The minimum absolute atomic E-state index is 0.0568. The van der Waals surface area contributed by atoms with Gasteiger partial charge in [-0.3, -0.25) is 14.4 Å². The van der Waals surface area contributed by atoms with Crippen molar-refractivity contribution in [1.29, 1.82) is 0 Å². The molecule has 0 spiro atoms. The van der Waals surface area contributed by atoms with Crippen LogP contribution in [0.25, 0.3) is 10.9 Å². The normalized spacial score (nSPS) is 19.2. The fraction of sp³-hybridized carbons (Fsp3) is 0.625. The first-order valence-corrected chi connectivity index (χ1v) is 11.9. The lowest BCUT2D eigenvalue weighted by atomic mass is 9.97. The number of nitrogens with zero attached hydrogens (tertiary/aromatic N) is 4. The van der Waals surface area contributed by atoms with Gasteiger partial charge in [-0.15, -0.1) is 0 Å². The number of carbonyl (C=O) groups excluding carboxylic acids is 2. The largest absolute Gasteiger partial charge is 0.369 e. The molecule has 2 fully saturated rings. The molecule has 0 radical (unpaired) electrons. The highest BCUT2D eigenvalue weighted by molar-refractivity contribution is 5.88. The van der Waals surface area contributed by atoms with Crippen LogP contribution in [0.4, 0.5) is 5.69 Å². The predicted octanol–water partition coefficient (Wildman–Crippen LogP) is 1.50. The molecule has 3 heterocycles. The van der Waals surface area contributed by atoms with Crippen LogP contribution in [0.5, 0.6) is 0 Å². The van der Waals surface area contributed by atoms with Gasteiger partial charge >= 0.3 is 0 Å². The predicted molar refractivity (Wildman–Crippen MR) is 127 cm³/mol. The van der Waals surface area contributed by atoms with E-state index in [1.165, 1.54) is 25.1 Å². The van der Waals surface area contributed by atoms with Gasteiger partial charge in [0.05, 0.1) is 17.1 Å². The Bertz CT molecular complexity index is 928. The van der Waals surface area contributed by atoms with Crippen molar-refractivity contribution >= 4 is 28.8 Å². The van der Waals surface area contributed by atoms with Gasteiger partial charge in [-0.1, -0.05) is 0 Å². The van der Waals surface area contributed by atoms with E-state index in [0.717, 1.165) is 68.1 Å². The summed E-state index contributed by atoms with van der Waals surface area (Å²) in [5.41, 5.74) is 3.00. The van der Waals surface area contributed by atoms with E-state index >= 15 is 0 Å². The van der Waals surface area contributed by atoms with Crippen LogP contribution in [-0.4, -0.2) is 79.7 Å². The van der Waals surface area contributed by atoms with Gasteiger partial charge in [0.15, 0.2) is 0 Å². The first-order valence-electron chi connectivity index (χ1n) is 11.9. The number of hydrogen-bond donors (Lipinski definition) is 2. The van der Waals surface area contributed by atoms with E-state index in [0.29, 0.717) is 12.8 Å². The number of carbonyl (C=O) groups is 2. The van der Waals surface area contributed by atoms with Crippen LogP contribution in [0.15, 0.2) is 18.2 Å². The topological polar surface area (TPSA) is 82.5 Å². The number of piperidine rings is 1. The minimum Gasteiger partial charge on any atom is -0.369 e. The van der Waals surface area contributed by atoms with Gasteiger partial charge in [0.2, 0.25) is 5.91 Å². The van der Waals surface area contributed by atoms with Crippen molar-refractivity contribution in [3.63, 3.8) is 0 Å². The summed E-state index contributed by atoms with van der Waals surface area (Å²) >= 11 is 0. The number of nitrogens with one attached hydrogen (secondary N) is 2. The Morgan fingerprint density at radius 3 is 2.69 bits per heavy atom. The standard InChI is InChI=1S/C24H36N6O2/c1-25-23(32)6-3-19(17-31)24-21-5-4-20(15-22(21)28(2)27-24)30-13-11-29(12-14-30)16-18-7-9-26-10-8-18/h4-5,15,17-19,26H,3,6-14,16H2,1-2H3,(H,25,32). The summed E-state index contributed by atoms with van der Waals surface area (Å²) in [7, 11) is 3.54. The molecule has 32 heavy (non-hydrogen) atoms.